The van der Waals surface area contributed by atoms with E-state index in [0.717, 1.165) is 24.6 Å². The molecule has 0 aromatic heterocycles. The second-order valence-corrected chi connectivity index (χ2v) is 7.08. The van der Waals surface area contributed by atoms with E-state index in [0.29, 0.717) is 13.0 Å². The molecule has 0 saturated heterocycles. The van der Waals surface area contributed by atoms with E-state index >= 15 is 0 Å². The smallest absolute Gasteiger partial charge is 0.246 e. The highest BCUT2D eigenvalue weighted by atomic mass is 31.2. The Bertz CT molecular complexity index is 380. The molecule has 1 aromatic carbocycles. The van der Waals surface area contributed by atoms with Gasteiger partial charge in [0, 0.05) is 0 Å². The maximum absolute atomic E-state index is 12.6. The van der Waals surface area contributed by atoms with Crippen LogP contribution < -0.4 is 5.30 Å². The molecular weight excluding hydrogens is 259 g/mol. The number of rotatable bonds is 9. The van der Waals surface area contributed by atoms with Crippen LogP contribution in [0.5, 0.6) is 0 Å². The number of carbonyl (C=O) groups is 1. The number of hydrogen-bond acceptors (Lipinski definition) is 3. The molecule has 0 amide bonds. The van der Waals surface area contributed by atoms with E-state index in [1.54, 1.807) is 7.11 Å². The summed E-state index contributed by atoms with van der Waals surface area (Å²) < 4.78 is 11.4. The van der Waals surface area contributed by atoms with Gasteiger partial charge in [-0.15, -0.1) is 0 Å². The molecule has 0 radical (unpaired) electrons. The molecule has 4 heteroatoms. The van der Waals surface area contributed by atoms with Gasteiger partial charge in [-0.05, 0) is 25.5 Å². The average molecular weight is 283 g/mol. The third-order valence-corrected chi connectivity index (χ3v) is 5.98. The van der Waals surface area contributed by atoms with Crippen LogP contribution in [0.25, 0.3) is 0 Å². The maximum Gasteiger partial charge on any atom is 0.376 e. The predicted octanol–water partition coefficient (Wildman–Crippen LogP) is 3.95. The summed E-state index contributed by atoms with van der Waals surface area (Å²) in [7, 11) is -1.02. The fourth-order valence-electron chi connectivity index (χ4n) is 2.03. The molecule has 0 heterocycles. The van der Waals surface area contributed by atoms with Crippen molar-refractivity contribution in [1.29, 1.82) is 0 Å². The van der Waals surface area contributed by atoms with E-state index in [1.165, 1.54) is 0 Å². The highest BCUT2D eigenvalue weighted by molar-refractivity contribution is 7.89. The molecule has 0 aliphatic heterocycles. The summed E-state index contributed by atoms with van der Waals surface area (Å²) in [4.78, 5) is 12.6. The van der Waals surface area contributed by atoms with Crippen molar-refractivity contribution in [3.63, 3.8) is 0 Å². The summed E-state index contributed by atoms with van der Waals surface area (Å²) in [5.41, 5.74) is 0.108. The molecule has 1 atom stereocenters. The van der Waals surface area contributed by atoms with Gasteiger partial charge in [0.2, 0.25) is 0 Å². The van der Waals surface area contributed by atoms with E-state index in [2.05, 4.69) is 6.92 Å². The SMILES string of the molecule is CCCCCC(=O)[P+](OC)(OCC)c1ccccc1. The highest BCUT2D eigenvalue weighted by Gasteiger charge is 2.52. The molecule has 0 saturated carbocycles. The monoisotopic (exact) mass is 283 g/mol. The summed E-state index contributed by atoms with van der Waals surface area (Å²) in [6.45, 7) is 4.51. The van der Waals surface area contributed by atoms with Crippen LogP contribution >= 0.6 is 7.72 Å². The van der Waals surface area contributed by atoms with Gasteiger partial charge in [-0.25, -0.2) is 4.79 Å². The maximum atomic E-state index is 12.6. The summed E-state index contributed by atoms with van der Waals surface area (Å²) in [5.74, 6) is 0. The zero-order valence-corrected chi connectivity index (χ0v) is 13.0. The van der Waals surface area contributed by atoms with Crippen LogP contribution in [-0.2, 0) is 13.8 Å². The molecule has 3 nitrogen and oxygen atoms in total. The van der Waals surface area contributed by atoms with Gasteiger partial charge < -0.3 is 0 Å². The Kier molecular flexibility index (Phi) is 7.22. The molecule has 1 unspecified atom stereocenters. The van der Waals surface area contributed by atoms with Gasteiger partial charge in [-0.2, -0.15) is 9.05 Å². The largest absolute Gasteiger partial charge is 0.376 e. The zero-order chi connectivity index (χ0) is 14.1. The third-order valence-electron chi connectivity index (χ3n) is 2.99. The van der Waals surface area contributed by atoms with E-state index in [4.69, 9.17) is 9.05 Å². The lowest BCUT2D eigenvalue weighted by atomic mass is 10.2. The molecule has 106 valence electrons. The van der Waals surface area contributed by atoms with Crippen molar-refractivity contribution in [2.45, 2.75) is 39.5 Å². The minimum Gasteiger partial charge on any atom is -0.246 e. The van der Waals surface area contributed by atoms with Crippen LogP contribution in [0.15, 0.2) is 30.3 Å². The fraction of sp³-hybridized carbons (Fsp3) is 0.533. The van der Waals surface area contributed by atoms with E-state index in [9.17, 15) is 4.79 Å². The number of unbranched alkanes of at least 4 members (excludes halogenated alkanes) is 2. The first-order valence-corrected chi connectivity index (χ1v) is 8.52. The van der Waals surface area contributed by atoms with Crippen LogP contribution in [0.2, 0.25) is 0 Å². The van der Waals surface area contributed by atoms with Gasteiger partial charge in [0.05, 0.1) is 20.1 Å². The van der Waals surface area contributed by atoms with Crippen molar-refractivity contribution in [3.05, 3.63) is 30.3 Å². The molecule has 0 bridgehead atoms. The normalized spacial score (nSPS) is 14.1. The van der Waals surface area contributed by atoms with Crippen molar-refractivity contribution in [2.24, 2.45) is 0 Å². The minimum atomic E-state index is -2.60. The van der Waals surface area contributed by atoms with Gasteiger partial charge in [0.25, 0.3) is 0 Å². The Balaban J connectivity index is 2.95. The predicted molar refractivity (Wildman–Crippen MR) is 80.8 cm³/mol. The van der Waals surface area contributed by atoms with Crippen LogP contribution in [0.1, 0.15) is 39.5 Å². The van der Waals surface area contributed by atoms with Crippen LogP contribution in [0.4, 0.5) is 0 Å². The van der Waals surface area contributed by atoms with Gasteiger partial charge in [-0.1, -0.05) is 38.0 Å². The van der Waals surface area contributed by atoms with Crippen LogP contribution in [0, 0.1) is 0 Å². The van der Waals surface area contributed by atoms with E-state index in [1.807, 2.05) is 37.3 Å². The molecule has 0 fully saturated rings. The number of carbonyl (C=O) groups excluding carboxylic acids is 1. The molecule has 0 aliphatic carbocycles. The lowest BCUT2D eigenvalue weighted by molar-refractivity contribution is -0.113. The van der Waals surface area contributed by atoms with Gasteiger partial charge in [0.1, 0.15) is 0 Å². The minimum absolute atomic E-state index is 0.108. The summed E-state index contributed by atoms with van der Waals surface area (Å²) >= 11 is 0. The molecule has 0 spiro atoms. The quantitative estimate of drug-likeness (QED) is 0.508. The van der Waals surface area contributed by atoms with Crippen molar-refractivity contribution in [1.82, 2.24) is 0 Å². The lowest BCUT2D eigenvalue weighted by Crippen LogP contribution is -2.23. The van der Waals surface area contributed by atoms with Crippen molar-refractivity contribution < 1.29 is 13.8 Å². The van der Waals surface area contributed by atoms with Crippen molar-refractivity contribution in [3.8, 4) is 0 Å². The van der Waals surface area contributed by atoms with Crippen LogP contribution in [-0.4, -0.2) is 19.2 Å². The van der Waals surface area contributed by atoms with Crippen molar-refractivity contribution >= 4 is 18.5 Å². The second-order valence-electron chi connectivity index (χ2n) is 4.34. The average Bonchev–Trinajstić information content (AvgIpc) is 2.46. The van der Waals surface area contributed by atoms with Crippen LogP contribution in [0.3, 0.4) is 0 Å². The second kappa shape index (κ2) is 8.42. The topological polar surface area (TPSA) is 35.5 Å². The summed E-state index contributed by atoms with van der Waals surface area (Å²) in [6.07, 6.45) is 3.60. The Hall–Kier alpha value is -0.760. The third kappa shape index (κ3) is 4.10. The Morgan fingerprint density at radius 2 is 1.84 bits per heavy atom. The van der Waals surface area contributed by atoms with Gasteiger partial charge >= 0.3 is 13.2 Å². The fourth-order valence-corrected chi connectivity index (χ4v) is 4.51. The Labute approximate surface area is 116 Å². The summed E-state index contributed by atoms with van der Waals surface area (Å²) in [6, 6.07) is 9.61. The van der Waals surface area contributed by atoms with Crippen molar-refractivity contribution in [2.75, 3.05) is 13.7 Å². The zero-order valence-electron chi connectivity index (χ0n) is 12.1. The standard InChI is InChI=1S/C15H24O3P/c1-4-6-8-13-15(16)19(17-3,18-5-2)14-11-9-7-10-12-14/h7,9-12H,4-6,8,13H2,1-3H3/q+1. The lowest BCUT2D eigenvalue weighted by Gasteiger charge is -2.19. The molecule has 0 aliphatic rings. The van der Waals surface area contributed by atoms with E-state index in [-0.39, 0.29) is 5.52 Å². The molecule has 19 heavy (non-hydrogen) atoms. The molecule has 1 aromatic rings. The van der Waals surface area contributed by atoms with E-state index < -0.39 is 7.72 Å². The Morgan fingerprint density at radius 1 is 1.16 bits per heavy atom. The molecular formula is C15H24O3P+. The molecule has 1 rings (SSSR count). The number of hydrogen-bond donors (Lipinski definition) is 0. The Morgan fingerprint density at radius 3 is 2.37 bits per heavy atom. The summed E-state index contributed by atoms with van der Waals surface area (Å²) in [5, 5.41) is 0.876. The molecule has 0 N–H and O–H groups in total. The number of benzene rings is 1. The first-order chi connectivity index (χ1) is 9.21. The first-order valence-electron chi connectivity index (χ1n) is 6.89. The highest BCUT2D eigenvalue weighted by Crippen LogP contribution is 2.60. The van der Waals surface area contributed by atoms with Gasteiger partial charge in [0.15, 0.2) is 5.30 Å². The van der Waals surface area contributed by atoms with Gasteiger partial charge in [-0.3, -0.25) is 0 Å². The first kappa shape index (κ1) is 16.3.